The molecule has 3 heteroatoms. The van der Waals surface area contributed by atoms with Gasteiger partial charge in [0.15, 0.2) is 0 Å². The van der Waals surface area contributed by atoms with Crippen LogP contribution in [0.2, 0.25) is 0 Å². The molecule has 0 radical (unpaired) electrons. The summed E-state index contributed by atoms with van der Waals surface area (Å²) in [4.78, 5) is 11.0. The van der Waals surface area contributed by atoms with E-state index in [1.165, 1.54) is 11.1 Å². The zero-order chi connectivity index (χ0) is 14.5. The van der Waals surface area contributed by atoms with Crippen LogP contribution >= 0.6 is 0 Å². The summed E-state index contributed by atoms with van der Waals surface area (Å²) in [5, 5.41) is 12.7. The highest BCUT2D eigenvalue weighted by Gasteiger charge is 2.27. The number of nitrogens with one attached hydrogen (secondary N) is 1. The first-order valence-electron chi connectivity index (χ1n) is 7.65. The van der Waals surface area contributed by atoms with E-state index in [2.05, 4.69) is 43.4 Å². The maximum atomic E-state index is 11.0. The molecule has 20 heavy (non-hydrogen) atoms. The van der Waals surface area contributed by atoms with Gasteiger partial charge in [0.25, 0.3) is 0 Å². The molecule has 1 aromatic carbocycles. The quantitative estimate of drug-likeness (QED) is 0.862. The van der Waals surface area contributed by atoms with E-state index >= 15 is 0 Å². The molecular weight excluding hydrogens is 250 g/mol. The Morgan fingerprint density at radius 1 is 1.25 bits per heavy atom. The fraction of sp³-hybridized carbons (Fsp3) is 0.588. The van der Waals surface area contributed by atoms with Gasteiger partial charge in [0.05, 0.1) is 5.92 Å². The highest BCUT2D eigenvalue weighted by molar-refractivity contribution is 5.70. The minimum absolute atomic E-state index is 0.132. The van der Waals surface area contributed by atoms with Gasteiger partial charge in [-0.05, 0) is 44.6 Å². The number of hydrogen-bond donors (Lipinski definition) is 2. The first-order valence-corrected chi connectivity index (χ1v) is 7.65. The Morgan fingerprint density at radius 3 is 2.35 bits per heavy atom. The highest BCUT2D eigenvalue weighted by atomic mass is 16.4. The average Bonchev–Trinajstić information content (AvgIpc) is 2.46. The molecule has 0 saturated heterocycles. The Balaban J connectivity index is 1.91. The van der Waals surface area contributed by atoms with Crippen molar-refractivity contribution in [3.05, 3.63) is 35.4 Å². The third-order valence-corrected chi connectivity index (χ3v) is 4.40. The lowest BCUT2D eigenvalue weighted by Crippen LogP contribution is -2.37. The fourth-order valence-electron chi connectivity index (χ4n) is 3.04. The second-order valence-electron chi connectivity index (χ2n) is 5.92. The SMILES string of the molecule is CCC(NC1CCC(C(=O)O)CC1)c1ccc(C)cc1. The second-order valence-corrected chi connectivity index (χ2v) is 5.92. The Bertz CT molecular complexity index is 433. The van der Waals surface area contributed by atoms with Crippen LogP contribution in [0.25, 0.3) is 0 Å². The average molecular weight is 275 g/mol. The molecule has 0 heterocycles. The van der Waals surface area contributed by atoms with E-state index in [1.54, 1.807) is 0 Å². The number of carbonyl (C=O) groups is 1. The van der Waals surface area contributed by atoms with Gasteiger partial charge >= 0.3 is 5.97 Å². The Hall–Kier alpha value is -1.35. The fourth-order valence-corrected chi connectivity index (χ4v) is 3.04. The predicted molar refractivity (Wildman–Crippen MR) is 80.7 cm³/mol. The summed E-state index contributed by atoms with van der Waals surface area (Å²) in [5.41, 5.74) is 2.61. The van der Waals surface area contributed by atoms with Crippen molar-refractivity contribution in [1.82, 2.24) is 5.32 Å². The molecular formula is C17H25NO2. The lowest BCUT2D eigenvalue weighted by atomic mass is 9.85. The van der Waals surface area contributed by atoms with E-state index in [0.717, 1.165) is 32.1 Å². The van der Waals surface area contributed by atoms with Gasteiger partial charge in [-0.15, -0.1) is 0 Å². The van der Waals surface area contributed by atoms with E-state index < -0.39 is 5.97 Å². The number of benzene rings is 1. The van der Waals surface area contributed by atoms with Gasteiger partial charge in [-0.1, -0.05) is 36.8 Å². The van der Waals surface area contributed by atoms with Crippen LogP contribution in [0.5, 0.6) is 0 Å². The smallest absolute Gasteiger partial charge is 0.306 e. The number of carboxylic acids is 1. The Morgan fingerprint density at radius 2 is 1.85 bits per heavy atom. The molecule has 1 aliphatic carbocycles. The first-order chi connectivity index (χ1) is 9.60. The summed E-state index contributed by atoms with van der Waals surface area (Å²) in [5.74, 6) is -0.762. The van der Waals surface area contributed by atoms with Gasteiger partial charge in [-0.25, -0.2) is 0 Å². The monoisotopic (exact) mass is 275 g/mol. The molecule has 1 fully saturated rings. The van der Waals surface area contributed by atoms with Crippen molar-refractivity contribution < 1.29 is 9.90 Å². The maximum Gasteiger partial charge on any atom is 0.306 e. The summed E-state index contributed by atoms with van der Waals surface area (Å²) >= 11 is 0. The third-order valence-electron chi connectivity index (χ3n) is 4.40. The maximum absolute atomic E-state index is 11.0. The van der Waals surface area contributed by atoms with E-state index in [0.29, 0.717) is 12.1 Å². The zero-order valence-electron chi connectivity index (χ0n) is 12.4. The van der Waals surface area contributed by atoms with Crippen LogP contribution < -0.4 is 5.32 Å². The Kier molecular flexibility index (Phi) is 5.18. The van der Waals surface area contributed by atoms with E-state index in [9.17, 15) is 4.79 Å². The number of hydrogen-bond acceptors (Lipinski definition) is 2. The van der Waals surface area contributed by atoms with Gasteiger partial charge in [0, 0.05) is 12.1 Å². The van der Waals surface area contributed by atoms with Crippen LogP contribution in [0.1, 0.15) is 56.2 Å². The van der Waals surface area contributed by atoms with E-state index in [4.69, 9.17) is 5.11 Å². The van der Waals surface area contributed by atoms with E-state index in [-0.39, 0.29) is 5.92 Å². The molecule has 0 bridgehead atoms. The molecule has 2 rings (SSSR count). The van der Waals surface area contributed by atoms with Gasteiger partial charge in [0.2, 0.25) is 0 Å². The van der Waals surface area contributed by atoms with Crippen molar-refractivity contribution in [3.63, 3.8) is 0 Å². The zero-order valence-corrected chi connectivity index (χ0v) is 12.4. The van der Waals surface area contributed by atoms with Crippen LogP contribution in [0.15, 0.2) is 24.3 Å². The van der Waals surface area contributed by atoms with Crippen molar-refractivity contribution in [2.24, 2.45) is 5.92 Å². The summed E-state index contributed by atoms with van der Waals surface area (Å²) < 4.78 is 0. The number of aryl methyl sites for hydroxylation is 1. The third kappa shape index (κ3) is 3.83. The summed E-state index contributed by atoms with van der Waals surface area (Å²) in [7, 11) is 0. The van der Waals surface area contributed by atoms with Crippen LogP contribution in [0, 0.1) is 12.8 Å². The van der Waals surface area contributed by atoms with Gasteiger partial charge in [0.1, 0.15) is 0 Å². The number of rotatable bonds is 5. The highest BCUT2D eigenvalue weighted by Crippen LogP contribution is 2.27. The van der Waals surface area contributed by atoms with Crippen LogP contribution in [-0.4, -0.2) is 17.1 Å². The Labute approximate surface area is 121 Å². The lowest BCUT2D eigenvalue weighted by Gasteiger charge is -2.30. The van der Waals surface area contributed by atoms with Crippen LogP contribution in [0.3, 0.4) is 0 Å². The molecule has 3 nitrogen and oxygen atoms in total. The molecule has 2 N–H and O–H groups in total. The van der Waals surface area contributed by atoms with Gasteiger partial charge in [-0.2, -0.15) is 0 Å². The largest absolute Gasteiger partial charge is 0.481 e. The molecule has 0 amide bonds. The predicted octanol–water partition coefficient (Wildman–Crippen LogP) is 3.68. The first kappa shape index (κ1) is 15.0. The molecule has 0 spiro atoms. The number of aliphatic carboxylic acids is 1. The topological polar surface area (TPSA) is 49.3 Å². The minimum Gasteiger partial charge on any atom is -0.481 e. The molecule has 1 saturated carbocycles. The molecule has 0 aromatic heterocycles. The normalized spacial score (nSPS) is 24.3. The van der Waals surface area contributed by atoms with Crippen molar-refractivity contribution in [2.45, 2.75) is 58.0 Å². The molecule has 0 aliphatic heterocycles. The van der Waals surface area contributed by atoms with Crippen molar-refractivity contribution in [1.29, 1.82) is 0 Å². The number of carboxylic acid groups (broad SMARTS) is 1. The van der Waals surface area contributed by atoms with E-state index in [1.807, 2.05) is 0 Å². The second kappa shape index (κ2) is 6.89. The lowest BCUT2D eigenvalue weighted by molar-refractivity contribution is -0.142. The standard InChI is InChI=1S/C17H25NO2/c1-3-16(13-6-4-12(2)5-7-13)18-15-10-8-14(9-11-15)17(19)20/h4-7,14-16,18H,3,8-11H2,1-2H3,(H,19,20). The molecule has 1 aromatic rings. The minimum atomic E-state index is -0.631. The van der Waals surface area contributed by atoms with Crippen molar-refractivity contribution in [2.75, 3.05) is 0 Å². The summed E-state index contributed by atoms with van der Waals surface area (Å²) in [6.45, 7) is 4.30. The van der Waals surface area contributed by atoms with Gasteiger partial charge < -0.3 is 10.4 Å². The summed E-state index contributed by atoms with van der Waals surface area (Å²) in [6.07, 6.45) is 4.61. The summed E-state index contributed by atoms with van der Waals surface area (Å²) in [6, 6.07) is 9.53. The van der Waals surface area contributed by atoms with Gasteiger partial charge in [-0.3, -0.25) is 4.79 Å². The molecule has 1 aliphatic rings. The van der Waals surface area contributed by atoms with Crippen molar-refractivity contribution in [3.8, 4) is 0 Å². The molecule has 110 valence electrons. The molecule has 1 atom stereocenters. The van der Waals surface area contributed by atoms with Crippen LogP contribution in [0.4, 0.5) is 0 Å². The van der Waals surface area contributed by atoms with Crippen LogP contribution in [-0.2, 0) is 4.79 Å². The van der Waals surface area contributed by atoms with Crippen molar-refractivity contribution >= 4 is 5.97 Å². The molecule has 1 unspecified atom stereocenters.